The maximum Gasteiger partial charge on any atom is 0.294 e. The van der Waals surface area contributed by atoms with Gasteiger partial charge in [0.2, 0.25) is 6.20 Å². The molecule has 0 fully saturated rings. The second-order valence-corrected chi connectivity index (χ2v) is 2.79. The van der Waals surface area contributed by atoms with Crippen molar-refractivity contribution >= 4 is 10.9 Å². The molecular formula is C8H9N2O+. The second kappa shape index (κ2) is 1.81. The van der Waals surface area contributed by atoms with Crippen molar-refractivity contribution in [3.05, 3.63) is 28.6 Å². The van der Waals surface area contributed by atoms with Crippen molar-refractivity contribution in [1.29, 1.82) is 0 Å². The molecule has 1 aromatic heterocycles. The van der Waals surface area contributed by atoms with Crippen molar-refractivity contribution in [2.24, 2.45) is 0 Å². The number of fused-ring (bicyclic) bond motifs is 1. The van der Waals surface area contributed by atoms with Crippen LogP contribution >= 0.6 is 0 Å². The quantitative estimate of drug-likeness (QED) is 0.513. The Balaban J connectivity index is 2.69. The van der Waals surface area contributed by atoms with Crippen LogP contribution in [-0.4, -0.2) is 14.1 Å². The number of hydrogen-bond acceptors (Lipinski definition) is 2. The first-order valence-electron chi connectivity index (χ1n) is 3.49. The maximum absolute atomic E-state index is 11.0. The van der Waals surface area contributed by atoms with Gasteiger partial charge in [0.25, 0.3) is 10.9 Å². The van der Waals surface area contributed by atoms with Crippen LogP contribution < -0.4 is 15.1 Å². The third-order valence-corrected chi connectivity index (χ3v) is 1.80. The van der Waals surface area contributed by atoms with Crippen LogP contribution in [0.5, 0.6) is 0 Å². The zero-order valence-corrected chi connectivity index (χ0v) is 6.53. The lowest BCUT2D eigenvalue weighted by molar-refractivity contribution is -0.660. The summed E-state index contributed by atoms with van der Waals surface area (Å²) < 4.78 is 1.84. The van der Waals surface area contributed by atoms with Gasteiger partial charge in [-0.15, -0.1) is 0 Å². The molecule has 3 nitrogen and oxygen atoms in total. The zero-order chi connectivity index (χ0) is 8.01. The summed E-state index contributed by atoms with van der Waals surface area (Å²) >= 11 is 0. The number of pyridine rings is 1. The van der Waals surface area contributed by atoms with Gasteiger partial charge < -0.3 is 0 Å². The first-order valence-corrected chi connectivity index (χ1v) is 3.49. The van der Waals surface area contributed by atoms with Gasteiger partial charge in [-0.3, -0.25) is 4.79 Å². The zero-order valence-electron chi connectivity index (χ0n) is 6.53. The van der Waals surface area contributed by atoms with Crippen LogP contribution in [0.25, 0.3) is 10.9 Å². The standard InChI is InChI=1S/C8H9N2O/c1-9(2)10-5-3-4-6-7(10)8(6)11/h3-5H,1-2H3/q+1. The molecule has 11 heavy (non-hydrogen) atoms. The largest absolute Gasteiger partial charge is 0.294 e. The fourth-order valence-corrected chi connectivity index (χ4v) is 1.18. The van der Waals surface area contributed by atoms with Crippen molar-refractivity contribution in [3.8, 4) is 0 Å². The van der Waals surface area contributed by atoms with Gasteiger partial charge in [-0.05, 0) is 6.07 Å². The van der Waals surface area contributed by atoms with Gasteiger partial charge in [-0.1, -0.05) is 4.68 Å². The molecule has 0 aliphatic heterocycles. The average molecular weight is 149 g/mol. The summed E-state index contributed by atoms with van der Waals surface area (Å²) in [5.74, 6) is 0. The molecule has 0 N–H and O–H groups in total. The Morgan fingerprint density at radius 2 is 2.18 bits per heavy atom. The molecule has 0 radical (unpaired) electrons. The number of nitrogens with zero attached hydrogens (tertiary/aromatic N) is 2. The van der Waals surface area contributed by atoms with Crippen molar-refractivity contribution < 1.29 is 4.68 Å². The van der Waals surface area contributed by atoms with Crippen LogP contribution in [0.15, 0.2) is 23.1 Å². The lowest BCUT2D eigenvalue weighted by Crippen LogP contribution is -2.52. The molecule has 1 aromatic carbocycles. The molecule has 0 unspecified atom stereocenters. The van der Waals surface area contributed by atoms with Crippen LogP contribution in [0.1, 0.15) is 0 Å². The molecule has 0 saturated carbocycles. The lowest BCUT2D eigenvalue weighted by Gasteiger charge is -2.01. The molecule has 1 heterocycles. The number of rotatable bonds is 1. The molecule has 2 rings (SSSR count). The summed E-state index contributed by atoms with van der Waals surface area (Å²) in [6.45, 7) is 0. The van der Waals surface area contributed by atoms with E-state index in [1.54, 1.807) is 0 Å². The van der Waals surface area contributed by atoms with E-state index in [0.717, 1.165) is 10.9 Å². The first kappa shape index (κ1) is 6.34. The van der Waals surface area contributed by atoms with Crippen LogP contribution in [0.2, 0.25) is 0 Å². The highest BCUT2D eigenvalue weighted by atomic mass is 16.1. The van der Waals surface area contributed by atoms with Gasteiger partial charge in [-0.2, -0.15) is 5.01 Å². The topological polar surface area (TPSA) is 24.2 Å². The van der Waals surface area contributed by atoms with Gasteiger partial charge in [0, 0.05) is 6.07 Å². The summed E-state index contributed by atoms with van der Waals surface area (Å²) in [6.07, 6.45) is 1.88. The predicted octanol–water partition coefficient (Wildman–Crippen LogP) is -0.439. The Bertz CT molecular complexity index is 410. The molecule has 56 valence electrons. The third-order valence-electron chi connectivity index (χ3n) is 1.80. The van der Waals surface area contributed by atoms with Crippen molar-refractivity contribution in [1.82, 2.24) is 0 Å². The molecule has 0 amide bonds. The SMILES string of the molecule is CN(C)[n+]1cccc2c(=O)c21. The molecule has 0 saturated heterocycles. The second-order valence-electron chi connectivity index (χ2n) is 2.79. The lowest BCUT2D eigenvalue weighted by atomic mass is 10.5. The van der Waals surface area contributed by atoms with Gasteiger partial charge in [0.1, 0.15) is 5.39 Å². The van der Waals surface area contributed by atoms with Crippen LogP contribution in [0.4, 0.5) is 0 Å². The third kappa shape index (κ3) is 0.738. The normalized spacial score (nSPS) is 11.1. The van der Waals surface area contributed by atoms with Gasteiger partial charge >= 0.3 is 0 Å². The maximum atomic E-state index is 11.0. The fourth-order valence-electron chi connectivity index (χ4n) is 1.18. The Labute approximate surface area is 64.1 Å². The van der Waals surface area contributed by atoms with Crippen molar-refractivity contribution in [2.75, 3.05) is 19.1 Å². The molecule has 0 bridgehead atoms. The van der Waals surface area contributed by atoms with Crippen LogP contribution in [0, 0.1) is 0 Å². The van der Waals surface area contributed by atoms with Crippen molar-refractivity contribution in [2.45, 2.75) is 0 Å². The minimum Gasteiger partial charge on any atom is -0.281 e. The molecule has 0 aliphatic rings. The van der Waals surface area contributed by atoms with E-state index in [-0.39, 0.29) is 5.43 Å². The fraction of sp³-hybridized carbons (Fsp3) is 0.250. The molecule has 0 spiro atoms. The summed E-state index contributed by atoms with van der Waals surface area (Å²) in [5, 5.41) is 2.73. The van der Waals surface area contributed by atoms with Gasteiger partial charge in [0.15, 0.2) is 0 Å². The summed E-state index contributed by atoms with van der Waals surface area (Å²) in [6, 6.07) is 3.72. The number of aromatic nitrogens is 1. The van der Waals surface area contributed by atoms with E-state index in [2.05, 4.69) is 0 Å². The van der Waals surface area contributed by atoms with E-state index in [0.29, 0.717) is 0 Å². The molecular weight excluding hydrogens is 140 g/mol. The van der Waals surface area contributed by atoms with Crippen molar-refractivity contribution in [3.63, 3.8) is 0 Å². The first-order chi connectivity index (χ1) is 5.22. The van der Waals surface area contributed by atoms with E-state index in [1.807, 2.05) is 42.1 Å². The highest BCUT2D eigenvalue weighted by Crippen LogP contribution is 2.06. The minimum atomic E-state index is 0.170. The van der Waals surface area contributed by atoms with E-state index >= 15 is 0 Å². The summed E-state index contributed by atoms with van der Waals surface area (Å²) in [5.41, 5.74) is 0.987. The minimum absolute atomic E-state index is 0.170. The monoisotopic (exact) mass is 149 g/mol. The Morgan fingerprint density at radius 3 is 2.73 bits per heavy atom. The smallest absolute Gasteiger partial charge is 0.281 e. The molecule has 0 atom stereocenters. The summed E-state index contributed by atoms with van der Waals surface area (Å²) in [7, 11) is 3.82. The highest BCUT2D eigenvalue weighted by molar-refractivity contribution is 5.90. The van der Waals surface area contributed by atoms with Crippen LogP contribution in [0.3, 0.4) is 0 Å². The highest BCUT2D eigenvalue weighted by Gasteiger charge is 2.25. The van der Waals surface area contributed by atoms with E-state index in [4.69, 9.17) is 0 Å². The van der Waals surface area contributed by atoms with Crippen LogP contribution in [-0.2, 0) is 0 Å². The Hall–Kier alpha value is -1.38. The average Bonchev–Trinajstić information content (AvgIpc) is 2.63. The Morgan fingerprint density at radius 1 is 1.45 bits per heavy atom. The molecule has 0 aliphatic carbocycles. The number of hydrogen-bond donors (Lipinski definition) is 0. The molecule has 3 heteroatoms. The predicted molar refractivity (Wildman–Crippen MR) is 42.9 cm³/mol. The van der Waals surface area contributed by atoms with E-state index < -0.39 is 0 Å². The van der Waals surface area contributed by atoms with E-state index in [1.165, 1.54) is 0 Å². The Kier molecular flexibility index (Phi) is 1.04. The van der Waals surface area contributed by atoms with E-state index in [9.17, 15) is 4.79 Å². The van der Waals surface area contributed by atoms with Gasteiger partial charge in [0.05, 0.1) is 14.1 Å². The summed E-state index contributed by atoms with van der Waals surface area (Å²) in [4.78, 5) is 11.0. The molecule has 2 aromatic rings. The van der Waals surface area contributed by atoms with Gasteiger partial charge in [-0.25, -0.2) is 0 Å².